The number of rotatable bonds is 7. The Morgan fingerprint density at radius 1 is 1.00 bits per heavy atom. The average molecular weight is 500 g/mol. The third-order valence-electron chi connectivity index (χ3n) is 8.77. The van der Waals surface area contributed by atoms with Crippen LogP contribution in [0.4, 0.5) is 4.79 Å². The SMILES string of the molecule is COC(=O)N1[C@H]2[C@@H](C(=O)O[C@@H]3C[C@H](C)CC[C@H]3C(C)(C)c3ccccc3)C[C@@H]1C=C[C@H]2C(OC)OC. The van der Waals surface area contributed by atoms with Gasteiger partial charge in [-0.1, -0.05) is 69.7 Å². The molecule has 3 aliphatic rings. The Kier molecular flexibility index (Phi) is 8.10. The normalized spacial score (nSPS) is 32.0. The number of amides is 1. The number of carbonyl (C=O) groups is 2. The van der Waals surface area contributed by atoms with Crippen molar-refractivity contribution in [2.24, 2.45) is 23.7 Å². The molecular formula is C29H41NO6. The smallest absolute Gasteiger partial charge is 0.410 e. The zero-order valence-corrected chi connectivity index (χ0v) is 22.4. The average Bonchev–Trinajstić information content (AvgIpc) is 3.15. The Morgan fingerprint density at radius 2 is 1.69 bits per heavy atom. The first-order valence-corrected chi connectivity index (χ1v) is 13.1. The van der Waals surface area contributed by atoms with Gasteiger partial charge < -0.3 is 18.9 Å². The summed E-state index contributed by atoms with van der Waals surface area (Å²) in [7, 11) is 4.50. The van der Waals surface area contributed by atoms with Gasteiger partial charge in [0, 0.05) is 26.1 Å². The molecule has 2 bridgehead atoms. The lowest BCUT2D eigenvalue weighted by Crippen LogP contribution is -2.52. The minimum Gasteiger partial charge on any atom is -0.462 e. The van der Waals surface area contributed by atoms with Crippen molar-refractivity contribution in [3.05, 3.63) is 48.0 Å². The van der Waals surface area contributed by atoms with Gasteiger partial charge in [0.1, 0.15) is 6.10 Å². The Labute approximate surface area is 215 Å². The van der Waals surface area contributed by atoms with E-state index in [9.17, 15) is 9.59 Å². The minimum absolute atomic E-state index is 0.142. The molecule has 7 heteroatoms. The van der Waals surface area contributed by atoms with Crippen LogP contribution in [0.5, 0.6) is 0 Å². The first kappa shape index (κ1) is 26.7. The molecule has 7 atom stereocenters. The molecule has 1 aromatic carbocycles. The van der Waals surface area contributed by atoms with E-state index in [1.807, 2.05) is 18.2 Å². The van der Waals surface area contributed by atoms with Gasteiger partial charge in [-0.2, -0.15) is 0 Å². The molecule has 4 rings (SSSR count). The molecule has 1 saturated carbocycles. The van der Waals surface area contributed by atoms with E-state index < -0.39 is 24.3 Å². The van der Waals surface area contributed by atoms with Crippen LogP contribution in [0.1, 0.15) is 52.0 Å². The first-order chi connectivity index (χ1) is 17.2. The second-order valence-electron chi connectivity index (χ2n) is 11.2. The standard InChI is InChI=1S/C29H41NO6/c1-18-12-15-23(29(2,3)19-10-8-7-9-11-19)24(16-18)36-26(31)22-17-20-13-14-21(27(33-4)34-5)25(22)30(20)28(32)35-6/h7-11,13-14,18,20-25,27H,12,15-17H2,1-6H3/t18-,20+,21-,22+,23-,24-,25-/m1/s1. The number of ether oxygens (including phenoxy) is 4. The van der Waals surface area contributed by atoms with E-state index in [1.54, 1.807) is 19.1 Å². The fraction of sp³-hybridized carbons (Fsp3) is 0.655. The number of fused-ring (bicyclic) bond motifs is 2. The molecule has 1 aromatic rings. The van der Waals surface area contributed by atoms with Gasteiger partial charge in [0.25, 0.3) is 0 Å². The van der Waals surface area contributed by atoms with E-state index in [1.165, 1.54) is 12.7 Å². The van der Waals surface area contributed by atoms with Gasteiger partial charge >= 0.3 is 12.1 Å². The molecule has 0 aromatic heterocycles. The number of hydrogen-bond acceptors (Lipinski definition) is 6. The molecule has 1 aliphatic carbocycles. The van der Waals surface area contributed by atoms with Crippen LogP contribution < -0.4 is 0 Å². The second kappa shape index (κ2) is 10.9. The zero-order chi connectivity index (χ0) is 26.0. The molecule has 0 N–H and O–H groups in total. The lowest BCUT2D eigenvalue weighted by molar-refractivity contribution is -0.167. The maximum absolute atomic E-state index is 13.9. The number of methoxy groups -OCH3 is 3. The number of carbonyl (C=O) groups excluding carboxylic acids is 2. The van der Waals surface area contributed by atoms with Crippen molar-refractivity contribution in [1.29, 1.82) is 0 Å². The summed E-state index contributed by atoms with van der Waals surface area (Å²) >= 11 is 0. The van der Waals surface area contributed by atoms with E-state index >= 15 is 0 Å². The van der Waals surface area contributed by atoms with Gasteiger partial charge in [0.15, 0.2) is 6.29 Å². The van der Waals surface area contributed by atoms with Crippen LogP contribution in [0, 0.1) is 23.7 Å². The summed E-state index contributed by atoms with van der Waals surface area (Å²) in [4.78, 5) is 28.3. The maximum atomic E-state index is 13.9. The number of hydrogen-bond donors (Lipinski definition) is 0. The molecular weight excluding hydrogens is 458 g/mol. The minimum atomic E-state index is -0.591. The predicted octanol–water partition coefficient (Wildman–Crippen LogP) is 4.94. The maximum Gasteiger partial charge on any atom is 0.410 e. The van der Waals surface area contributed by atoms with E-state index in [0.29, 0.717) is 12.3 Å². The van der Waals surface area contributed by atoms with Crippen molar-refractivity contribution in [3.63, 3.8) is 0 Å². The highest BCUT2D eigenvalue weighted by Gasteiger charge is 2.55. The van der Waals surface area contributed by atoms with E-state index in [-0.39, 0.29) is 35.4 Å². The monoisotopic (exact) mass is 499 g/mol. The van der Waals surface area contributed by atoms with Crippen LogP contribution in [0.3, 0.4) is 0 Å². The van der Waals surface area contributed by atoms with Crippen molar-refractivity contribution < 1.29 is 28.5 Å². The van der Waals surface area contributed by atoms with Crippen LogP contribution in [0.25, 0.3) is 0 Å². The number of esters is 1. The molecule has 2 heterocycles. The van der Waals surface area contributed by atoms with Gasteiger partial charge in [0.2, 0.25) is 0 Å². The van der Waals surface area contributed by atoms with E-state index in [4.69, 9.17) is 18.9 Å². The molecule has 198 valence electrons. The van der Waals surface area contributed by atoms with Gasteiger partial charge in [-0.15, -0.1) is 0 Å². The van der Waals surface area contributed by atoms with E-state index in [0.717, 1.165) is 19.3 Å². The van der Waals surface area contributed by atoms with E-state index in [2.05, 4.69) is 45.0 Å². The number of benzene rings is 1. The van der Waals surface area contributed by atoms with Crippen LogP contribution >= 0.6 is 0 Å². The lowest BCUT2D eigenvalue weighted by Gasteiger charge is -2.44. The molecule has 36 heavy (non-hydrogen) atoms. The van der Waals surface area contributed by atoms with Crippen molar-refractivity contribution in [3.8, 4) is 0 Å². The molecule has 0 spiro atoms. The summed E-state index contributed by atoms with van der Waals surface area (Å²) in [6.45, 7) is 6.75. The highest BCUT2D eigenvalue weighted by atomic mass is 16.7. The fourth-order valence-corrected chi connectivity index (χ4v) is 6.79. The summed E-state index contributed by atoms with van der Waals surface area (Å²) < 4.78 is 22.6. The third-order valence-corrected chi connectivity index (χ3v) is 8.77. The quantitative estimate of drug-likeness (QED) is 0.300. The molecule has 2 aliphatic heterocycles. The summed E-state index contributed by atoms with van der Waals surface area (Å²) in [5, 5.41) is 0. The van der Waals surface area contributed by atoms with Crippen molar-refractivity contribution >= 4 is 12.1 Å². The van der Waals surface area contributed by atoms with Crippen LogP contribution in [0.2, 0.25) is 0 Å². The predicted molar refractivity (Wildman–Crippen MR) is 136 cm³/mol. The van der Waals surface area contributed by atoms with Gasteiger partial charge in [-0.05, 0) is 36.2 Å². The second-order valence-corrected chi connectivity index (χ2v) is 11.2. The Bertz CT molecular complexity index is 942. The fourth-order valence-electron chi connectivity index (χ4n) is 6.79. The van der Waals surface area contributed by atoms with Gasteiger partial charge in [-0.3, -0.25) is 9.69 Å². The summed E-state index contributed by atoms with van der Waals surface area (Å²) in [6, 6.07) is 9.83. The summed E-state index contributed by atoms with van der Waals surface area (Å²) in [5.41, 5.74) is 1.11. The van der Waals surface area contributed by atoms with Crippen LogP contribution in [0.15, 0.2) is 42.5 Å². The first-order valence-electron chi connectivity index (χ1n) is 13.1. The summed E-state index contributed by atoms with van der Waals surface area (Å²) in [6.07, 6.45) is 6.21. The molecule has 7 nitrogen and oxygen atoms in total. The Morgan fingerprint density at radius 3 is 2.33 bits per heavy atom. The third kappa shape index (κ3) is 4.92. The topological polar surface area (TPSA) is 74.3 Å². The molecule has 0 unspecified atom stereocenters. The molecule has 1 amide bonds. The van der Waals surface area contributed by atoms with Crippen LogP contribution in [-0.2, 0) is 29.2 Å². The molecule has 1 saturated heterocycles. The van der Waals surface area contributed by atoms with Gasteiger partial charge in [-0.25, -0.2) is 4.79 Å². The largest absolute Gasteiger partial charge is 0.462 e. The molecule has 0 radical (unpaired) electrons. The van der Waals surface area contributed by atoms with Crippen molar-refractivity contribution in [1.82, 2.24) is 4.90 Å². The summed E-state index contributed by atoms with van der Waals surface area (Å²) in [5.74, 6) is -0.348. The van der Waals surface area contributed by atoms with Crippen molar-refractivity contribution in [2.75, 3.05) is 21.3 Å². The zero-order valence-electron chi connectivity index (χ0n) is 22.4. The number of nitrogens with zero attached hydrogens (tertiary/aromatic N) is 1. The van der Waals surface area contributed by atoms with Crippen molar-refractivity contribution in [2.45, 2.75) is 76.3 Å². The Hall–Kier alpha value is -2.38. The Balaban J connectivity index is 1.59. The molecule has 2 fully saturated rings. The lowest BCUT2D eigenvalue weighted by atomic mass is 9.64. The van der Waals surface area contributed by atoms with Crippen LogP contribution in [-0.4, -0.2) is 62.8 Å². The van der Waals surface area contributed by atoms with Gasteiger partial charge in [0.05, 0.1) is 25.1 Å². The highest BCUT2D eigenvalue weighted by Crippen LogP contribution is 2.46. The highest BCUT2D eigenvalue weighted by molar-refractivity contribution is 5.78.